The van der Waals surface area contributed by atoms with Gasteiger partial charge in [-0.2, -0.15) is 0 Å². The highest BCUT2D eigenvalue weighted by Gasteiger charge is 2.14. The van der Waals surface area contributed by atoms with E-state index < -0.39 is 0 Å². The zero-order valence-corrected chi connectivity index (χ0v) is 12.4. The zero-order valence-electron chi connectivity index (χ0n) is 12.4. The second kappa shape index (κ2) is 5.53. The summed E-state index contributed by atoms with van der Waals surface area (Å²) in [6.07, 6.45) is 5.24. The number of hydrogen-bond acceptors (Lipinski definition) is 1. The molecule has 1 saturated heterocycles. The molecule has 1 atom stereocenters. The predicted octanol–water partition coefficient (Wildman–Crippen LogP) is 4.33. The van der Waals surface area contributed by atoms with Crippen molar-refractivity contribution in [2.45, 2.75) is 38.3 Å². The Hall–Kier alpha value is -1.80. The number of nitrogens with zero attached hydrogens (tertiary/aromatic N) is 1. The van der Waals surface area contributed by atoms with Gasteiger partial charge in [-0.05, 0) is 44.4 Å². The molecule has 0 aliphatic carbocycles. The number of benzene rings is 2. The Morgan fingerprint density at radius 1 is 0.952 bits per heavy atom. The average Bonchev–Trinajstić information content (AvgIpc) is 3.15. The highest BCUT2D eigenvalue weighted by molar-refractivity contribution is 6.07. The Morgan fingerprint density at radius 3 is 2.24 bits per heavy atom. The highest BCUT2D eigenvalue weighted by atomic mass is 15.0. The third-order valence-electron chi connectivity index (χ3n) is 4.78. The Balaban J connectivity index is 1.65. The normalized spacial score (nSPS) is 18.8. The van der Waals surface area contributed by atoms with Gasteiger partial charge in [0.15, 0.2) is 0 Å². The van der Waals surface area contributed by atoms with Gasteiger partial charge in [-0.1, -0.05) is 36.4 Å². The smallest absolute Gasteiger partial charge is 0.0491 e. The molecule has 2 nitrogen and oxygen atoms in total. The van der Waals surface area contributed by atoms with Gasteiger partial charge in [0.2, 0.25) is 0 Å². The molecular formula is C19H22N2. The van der Waals surface area contributed by atoms with Crippen LogP contribution in [0, 0.1) is 0 Å². The lowest BCUT2D eigenvalue weighted by Gasteiger charge is -2.11. The molecule has 0 amide bonds. The van der Waals surface area contributed by atoms with Gasteiger partial charge in [0, 0.05) is 34.4 Å². The molecule has 1 aliphatic rings. The third-order valence-corrected chi connectivity index (χ3v) is 4.78. The summed E-state index contributed by atoms with van der Waals surface area (Å²) in [5.74, 6) is 0. The first-order valence-corrected chi connectivity index (χ1v) is 8.13. The first-order valence-electron chi connectivity index (χ1n) is 8.13. The quantitative estimate of drug-likeness (QED) is 0.751. The minimum atomic E-state index is 0.748. The third kappa shape index (κ3) is 2.34. The van der Waals surface area contributed by atoms with Crippen LogP contribution in [0.2, 0.25) is 0 Å². The molecule has 0 spiro atoms. The van der Waals surface area contributed by atoms with Crippen molar-refractivity contribution in [1.82, 2.24) is 9.88 Å². The molecule has 2 heterocycles. The van der Waals surface area contributed by atoms with Crippen molar-refractivity contribution in [2.24, 2.45) is 0 Å². The van der Waals surface area contributed by atoms with Crippen LogP contribution in [0.5, 0.6) is 0 Å². The summed E-state index contributed by atoms with van der Waals surface area (Å²) in [5.41, 5.74) is 2.75. The molecule has 3 aromatic rings. The molecule has 1 N–H and O–H groups in total. The first kappa shape index (κ1) is 12.9. The number of para-hydroxylation sites is 2. The SMILES string of the molecule is c1ccc2c(c1)c1ccccc1n2CCCC1CCCN1. The number of rotatable bonds is 4. The van der Waals surface area contributed by atoms with E-state index in [-0.39, 0.29) is 0 Å². The summed E-state index contributed by atoms with van der Waals surface area (Å²) < 4.78 is 2.50. The summed E-state index contributed by atoms with van der Waals surface area (Å²) in [6.45, 7) is 2.33. The maximum atomic E-state index is 3.60. The Labute approximate surface area is 125 Å². The molecule has 0 radical (unpaired) electrons. The van der Waals surface area contributed by atoms with E-state index in [0.717, 1.165) is 12.6 Å². The summed E-state index contributed by atoms with van der Waals surface area (Å²) in [7, 11) is 0. The van der Waals surface area contributed by atoms with Crippen LogP contribution in [-0.4, -0.2) is 17.2 Å². The van der Waals surface area contributed by atoms with E-state index in [1.807, 2.05) is 0 Å². The maximum Gasteiger partial charge on any atom is 0.0491 e. The summed E-state index contributed by atoms with van der Waals surface area (Å²) in [4.78, 5) is 0. The molecule has 0 bridgehead atoms. The fraction of sp³-hybridized carbons (Fsp3) is 0.368. The predicted molar refractivity (Wildman–Crippen MR) is 89.7 cm³/mol. The van der Waals surface area contributed by atoms with Gasteiger partial charge >= 0.3 is 0 Å². The van der Waals surface area contributed by atoms with Gasteiger partial charge < -0.3 is 9.88 Å². The first-order chi connectivity index (χ1) is 10.4. The van der Waals surface area contributed by atoms with E-state index in [1.165, 1.54) is 54.0 Å². The molecular weight excluding hydrogens is 256 g/mol. The second-order valence-electron chi connectivity index (χ2n) is 6.12. The summed E-state index contributed by atoms with van der Waals surface area (Å²) >= 11 is 0. The minimum Gasteiger partial charge on any atom is -0.340 e. The van der Waals surface area contributed by atoms with Crippen molar-refractivity contribution in [3.8, 4) is 0 Å². The molecule has 1 fully saturated rings. The van der Waals surface area contributed by atoms with Crippen LogP contribution in [0.3, 0.4) is 0 Å². The molecule has 4 rings (SSSR count). The molecule has 1 aromatic heterocycles. The zero-order chi connectivity index (χ0) is 14.1. The van der Waals surface area contributed by atoms with Crippen molar-refractivity contribution in [1.29, 1.82) is 0 Å². The second-order valence-corrected chi connectivity index (χ2v) is 6.12. The van der Waals surface area contributed by atoms with Crippen molar-refractivity contribution in [3.05, 3.63) is 48.5 Å². The van der Waals surface area contributed by atoms with Gasteiger partial charge in [-0.25, -0.2) is 0 Å². The van der Waals surface area contributed by atoms with Crippen LogP contribution in [-0.2, 0) is 6.54 Å². The lowest BCUT2D eigenvalue weighted by molar-refractivity contribution is 0.510. The van der Waals surface area contributed by atoms with E-state index in [4.69, 9.17) is 0 Å². The Kier molecular flexibility index (Phi) is 3.40. The monoisotopic (exact) mass is 278 g/mol. The molecule has 2 aromatic carbocycles. The molecule has 1 unspecified atom stereocenters. The van der Waals surface area contributed by atoms with Crippen LogP contribution >= 0.6 is 0 Å². The van der Waals surface area contributed by atoms with Gasteiger partial charge in [-0.15, -0.1) is 0 Å². The molecule has 21 heavy (non-hydrogen) atoms. The molecule has 108 valence electrons. The van der Waals surface area contributed by atoms with Crippen LogP contribution in [0.1, 0.15) is 25.7 Å². The number of hydrogen-bond donors (Lipinski definition) is 1. The van der Waals surface area contributed by atoms with E-state index >= 15 is 0 Å². The number of nitrogens with one attached hydrogen (secondary N) is 1. The van der Waals surface area contributed by atoms with Gasteiger partial charge in [0.1, 0.15) is 0 Å². The highest BCUT2D eigenvalue weighted by Crippen LogP contribution is 2.29. The van der Waals surface area contributed by atoms with Crippen molar-refractivity contribution >= 4 is 21.8 Å². The van der Waals surface area contributed by atoms with Gasteiger partial charge in [0.25, 0.3) is 0 Å². The number of aryl methyl sites for hydroxylation is 1. The van der Waals surface area contributed by atoms with Crippen molar-refractivity contribution in [3.63, 3.8) is 0 Å². The fourth-order valence-corrected chi connectivity index (χ4v) is 3.74. The standard InChI is InChI=1S/C19H22N2/c1-3-11-18-16(9-1)17-10-2-4-12-19(17)21(18)14-6-8-15-7-5-13-20-15/h1-4,9-12,15,20H,5-8,13-14H2. The van der Waals surface area contributed by atoms with E-state index in [9.17, 15) is 0 Å². The van der Waals surface area contributed by atoms with Crippen molar-refractivity contribution < 1.29 is 0 Å². The molecule has 2 heteroatoms. The van der Waals surface area contributed by atoms with Crippen LogP contribution in [0.25, 0.3) is 21.8 Å². The van der Waals surface area contributed by atoms with Gasteiger partial charge in [0.05, 0.1) is 0 Å². The Morgan fingerprint density at radius 2 is 1.62 bits per heavy atom. The topological polar surface area (TPSA) is 17.0 Å². The molecule has 1 aliphatic heterocycles. The lowest BCUT2D eigenvalue weighted by atomic mass is 10.1. The van der Waals surface area contributed by atoms with Crippen LogP contribution in [0.15, 0.2) is 48.5 Å². The fourth-order valence-electron chi connectivity index (χ4n) is 3.74. The van der Waals surface area contributed by atoms with E-state index in [0.29, 0.717) is 0 Å². The number of aromatic nitrogens is 1. The average molecular weight is 278 g/mol. The summed E-state index contributed by atoms with van der Waals surface area (Å²) in [5, 5.41) is 6.36. The largest absolute Gasteiger partial charge is 0.340 e. The maximum absolute atomic E-state index is 3.60. The van der Waals surface area contributed by atoms with Crippen LogP contribution in [0.4, 0.5) is 0 Å². The minimum absolute atomic E-state index is 0.748. The van der Waals surface area contributed by atoms with Crippen LogP contribution < -0.4 is 5.32 Å². The van der Waals surface area contributed by atoms with E-state index in [2.05, 4.69) is 58.4 Å². The number of fused-ring (bicyclic) bond motifs is 3. The van der Waals surface area contributed by atoms with Crippen molar-refractivity contribution in [2.75, 3.05) is 6.54 Å². The lowest BCUT2D eigenvalue weighted by Crippen LogP contribution is -2.21. The molecule has 0 saturated carbocycles. The summed E-state index contributed by atoms with van der Waals surface area (Å²) in [6, 6.07) is 18.3. The van der Waals surface area contributed by atoms with E-state index in [1.54, 1.807) is 0 Å². The Bertz CT molecular complexity index is 697. The van der Waals surface area contributed by atoms with Gasteiger partial charge in [-0.3, -0.25) is 0 Å².